The van der Waals surface area contributed by atoms with E-state index >= 15 is 0 Å². The van der Waals surface area contributed by atoms with E-state index in [-0.39, 0.29) is 5.60 Å². The van der Waals surface area contributed by atoms with Gasteiger partial charge in [-0.05, 0) is 57.3 Å². The summed E-state index contributed by atoms with van der Waals surface area (Å²) in [6.45, 7) is 3.20. The Morgan fingerprint density at radius 2 is 2.27 bits per heavy atom. The minimum atomic E-state index is -0.335. The van der Waals surface area contributed by atoms with Crippen LogP contribution in [0.15, 0.2) is 0 Å². The van der Waals surface area contributed by atoms with Crippen molar-refractivity contribution in [2.24, 2.45) is 5.92 Å². The van der Waals surface area contributed by atoms with E-state index in [4.69, 9.17) is 4.74 Å². The van der Waals surface area contributed by atoms with Crippen LogP contribution < -0.4 is 0 Å². The lowest BCUT2D eigenvalue weighted by Gasteiger charge is -2.23. The fourth-order valence-corrected chi connectivity index (χ4v) is 3.13. The molecule has 3 unspecified atom stereocenters. The molecule has 0 spiro atoms. The molecule has 0 aromatic rings. The molecule has 1 heterocycles. The molecule has 2 heteroatoms. The van der Waals surface area contributed by atoms with Crippen LogP contribution in [0.2, 0.25) is 0 Å². The summed E-state index contributed by atoms with van der Waals surface area (Å²) in [7, 11) is 0. The second kappa shape index (κ2) is 4.84. The first-order chi connectivity index (χ1) is 7.18. The summed E-state index contributed by atoms with van der Waals surface area (Å²) < 4.78 is 5.59. The molecule has 1 aliphatic carbocycles. The van der Waals surface area contributed by atoms with Crippen molar-refractivity contribution < 1.29 is 9.84 Å². The number of aliphatic hydroxyl groups is 1. The minimum Gasteiger partial charge on any atom is -0.390 e. The van der Waals surface area contributed by atoms with E-state index in [1.807, 2.05) is 0 Å². The van der Waals surface area contributed by atoms with Crippen molar-refractivity contribution in [1.29, 1.82) is 0 Å². The molecule has 0 radical (unpaired) electrons. The van der Waals surface area contributed by atoms with Crippen molar-refractivity contribution in [2.45, 2.75) is 70.0 Å². The summed E-state index contributed by atoms with van der Waals surface area (Å²) in [6, 6.07) is 0. The molecule has 1 saturated heterocycles. The van der Waals surface area contributed by atoms with Gasteiger partial charge in [0.1, 0.15) is 0 Å². The largest absolute Gasteiger partial charge is 0.390 e. The SMILES string of the molecule is CC1CCC(O)(CCCC2CCCO2)C1. The average molecular weight is 212 g/mol. The van der Waals surface area contributed by atoms with E-state index in [0.717, 1.165) is 44.6 Å². The quantitative estimate of drug-likeness (QED) is 0.776. The minimum absolute atomic E-state index is 0.335. The summed E-state index contributed by atoms with van der Waals surface area (Å²) in [6.07, 6.45) is 9.45. The lowest BCUT2D eigenvalue weighted by molar-refractivity contribution is 0.0267. The van der Waals surface area contributed by atoms with Gasteiger partial charge in [0.2, 0.25) is 0 Å². The molecular weight excluding hydrogens is 188 g/mol. The zero-order chi connectivity index (χ0) is 10.7. The highest BCUT2D eigenvalue weighted by Crippen LogP contribution is 2.37. The molecule has 1 saturated carbocycles. The van der Waals surface area contributed by atoms with Crippen LogP contribution in [0.3, 0.4) is 0 Å². The van der Waals surface area contributed by atoms with Gasteiger partial charge >= 0.3 is 0 Å². The third-order valence-corrected chi connectivity index (χ3v) is 4.02. The number of hydrogen-bond acceptors (Lipinski definition) is 2. The molecule has 0 amide bonds. The van der Waals surface area contributed by atoms with Gasteiger partial charge in [-0.2, -0.15) is 0 Å². The first kappa shape index (κ1) is 11.4. The normalized spacial score (nSPS) is 41.2. The zero-order valence-electron chi connectivity index (χ0n) is 9.87. The highest BCUT2D eigenvalue weighted by atomic mass is 16.5. The third kappa shape index (κ3) is 3.18. The van der Waals surface area contributed by atoms with Gasteiger partial charge in [-0.1, -0.05) is 6.92 Å². The molecule has 2 nitrogen and oxygen atoms in total. The summed E-state index contributed by atoms with van der Waals surface area (Å²) in [5.74, 6) is 0.720. The lowest BCUT2D eigenvalue weighted by Crippen LogP contribution is -2.24. The Hall–Kier alpha value is -0.0800. The van der Waals surface area contributed by atoms with Gasteiger partial charge in [-0.15, -0.1) is 0 Å². The molecular formula is C13H24O2. The van der Waals surface area contributed by atoms with Crippen molar-refractivity contribution in [3.05, 3.63) is 0 Å². The van der Waals surface area contributed by atoms with Crippen molar-refractivity contribution in [3.63, 3.8) is 0 Å². The second-order valence-corrected chi connectivity index (χ2v) is 5.60. The highest BCUT2D eigenvalue weighted by Gasteiger charge is 2.34. The van der Waals surface area contributed by atoms with Gasteiger partial charge in [-0.25, -0.2) is 0 Å². The van der Waals surface area contributed by atoms with Crippen LogP contribution in [0.1, 0.15) is 58.3 Å². The molecule has 15 heavy (non-hydrogen) atoms. The molecule has 1 aliphatic heterocycles. The van der Waals surface area contributed by atoms with Crippen LogP contribution in [0, 0.1) is 5.92 Å². The van der Waals surface area contributed by atoms with E-state index in [1.165, 1.54) is 19.3 Å². The molecule has 2 aliphatic rings. The monoisotopic (exact) mass is 212 g/mol. The maximum absolute atomic E-state index is 10.3. The first-order valence-electron chi connectivity index (χ1n) is 6.52. The Labute approximate surface area is 93.0 Å². The Kier molecular flexibility index (Phi) is 3.68. The predicted octanol–water partition coefficient (Wildman–Crippen LogP) is 2.89. The van der Waals surface area contributed by atoms with Crippen LogP contribution in [0.4, 0.5) is 0 Å². The molecule has 2 rings (SSSR count). The van der Waals surface area contributed by atoms with Gasteiger partial charge in [0.25, 0.3) is 0 Å². The standard InChI is InChI=1S/C13H24O2/c1-11-6-8-13(14,10-11)7-2-4-12-5-3-9-15-12/h11-12,14H,2-10H2,1H3. The zero-order valence-corrected chi connectivity index (χ0v) is 9.87. The molecule has 0 bridgehead atoms. The van der Waals surface area contributed by atoms with Crippen LogP contribution >= 0.6 is 0 Å². The second-order valence-electron chi connectivity index (χ2n) is 5.60. The Balaban J connectivity index is 1.64. The van der Waals surface area contributed by atoms with E-state index in [0.29, 0.717) is 6.10 Å². The topological polar surface area (TPSA) is 29.5 Å². The van der Waals surface area contributed by atoms with E-state index in [2.05, 4.69) is 6.92 Å². The maximum Gasteiger partial charge on any atom is 0.0650 e. The molecule has 1 N–H and O–H groups in total. The Bertz CT molecular complexity index is 199. The highest BCUT2D eigenvalue weighted by molar-refractivity contribution is 4.87. The van der Waals surface area contributed by atoms with E-state index in [1.54, 1.807) is 0 Å². The Morgan fingerprint density at radius 1 is 1.40 bits per heavy atom. The summed E-state index contributed by atoms with van der Waals surface area (Å²) >= 11 is 0. The maximum atomic E-state index is 10.3. The van der Waals surface area contributed by atoms with Gasteiger partial charge in [0.05, 0.1) is 11.7 Å². The molecule has 0 aromatic heterocycles. The fraction of sp³-hybridized carbons (Fsp3) is 1.00. The average Bonchev–Trinajstić information content (AvgIpc) is 2.77. The third-order valence-electron chi connectivity index (χ3n) is 4.02. The fourth-order valence-electron chi connectivity index (χ4n) is 3.13. The summed E-state index contributed by atoms with van der Waals surface area (Å²) in [4.78, 5) is 0. The van der Waals surface area contributed by atoms with Gasteiger partial charge < -0.3 is 9.84 Å². The smallest absolute Gasteiger partial charge is 0.0650 e. The van der Waals surface area contributed by atoms with Gasteiger partial charge in [-0.3, -0.25) is 0 Å². The Morgan fingerprint density at radius 3 is 2.87 bits per heavy atom. The molecule has 3 atom stereocenters. The molecule has 0 aromatic carbocycles. The van der Waals surface area contributed by atoms with Crippen LogP contribution in [-0.4, -0.2) is 23.4 Å². The summed E-state index contributed by atoms with van der Waals surface area (Å²) in [5, 5.41) is 10.3. The van der Waals surface area contributed by atoms with Crippen LogP contribution in [0.25, 0.3) is 0 Å². The number of ether oxygens (including phenoxy) is 1. The van der Waals surface area contributed by atoms with Gasteiger partial charge in [0, 0.05) is 6.61 Å². The predicted molar refractivity (Wildman–Crippen MR) is 60.8 cm³/mol. The summed E-state index contributed by atoms with van der Waals surface area (Å²) in [5.41, 5.74) is -0.335. The van der Waals surface area contributed by atoms with Crippen molar-refractivity contribution >= 4 is 0 Å². The van der Waals surface area contributed by atoms with E-state index in [9.17, 15) is 5.11 Å². The van der Waals surface area contributed by atoms with Crippen LogP contribution in [0.5, 0.6) is 0 Å². The first-order valence-corrected chi connectivity index (χ1v) is 6.52. The lowest BCUT2D eigenvalue weighted by atomic mass is 9.93. The number of hydrogen-bond donors (Lipinski definition) is 1. The van der Waals surface area contributed by atoms with Crippen molar-refractivity contribution in [1.82, 2.24) is 0 Å². The number of rotatable bonds is 4. The van der Waals surface area contributed by atoms with Crippen LogP contribution in [-0.2, 0) is 4.74 Å². The van der Waals surface area contributed by atoms with E-state index < -0.39 is 0 Å². The molecule has 88 valence electrons. The molecule has 2 fully saturated rings. The van der Waals surface area contributed by atoms with Crippen molar-refractivity contribution in [3.8, 4) is 0 Å². The van der Waals surface area contributed by atoms with Crippen molar-refractivity contribution in [2.75, 3.05) is 6.61 Å². The van der Waals surface area contributed by atoms with Gasteiger partial charge in [0.15, 0.2) is 0 Å².